The molecular weight excluding hydrogens is 378 g/mol. The Bertz CT molecular complexity index is 936. The highest BCUT2D eigenvalue weighted by molar-refractivity contribution is 5.93. The molecular formula is C20H21N3O6. The minimum atomic E-state index is -0.836. The van der Waals surface area contributed by atoms with Gasteiger partial charge in [0.1, 0.15) is 11.4 Å². The van der Waals surface area contributed by atoms with Crippen molar-refractivity contribution >= 4 is 23.3 Å². The third-order valence-corrected chi connectivity index (χ3v) is 4.60. The number of furan rings is 1. The number of hydrogen-bond acceptors (Lipinski definition) is 7. The standard InChI is InChI=1S/C20H21N3O6/c21-17-9-8-14(11-18(17)23(26)27)20(25)29-13-19(24)22(12-16-7-4-10-28-16)15-5-2-1-3-6-15/h4-5,7-11H,1-3,6,12-13,21H2. The van der Waals surface area contributed by atoms with Gasteiger partial charge >= 0.3 is 5.97 Å². The summed E-state index contributed by atoms with van der Waals surface area (Å²) in [4.78, 5) is 36.9. The van der Waals surface area contributed by atoms with Crippen molar-refractivity contribution in [1.82, 2.24) is 4.90 Å². The zero-order chi connectivity index (χ0) is 20.8. The fourth-order valence-corrected chi connectivity index (χ4v) is 3.09. The molecule has 0 unspecified atom stereocenters. The number of carbonyl (C=O) groups is 2. The van der Waals surface area contributed by atoms with Crippen molar-refractivity contribution in [3.63, 3.8) is 0 Å². The number of amides is 1. The molecule has 1 aliphatic rings. The first-order chi connectivity index (χ1) is 14.0. The van der Waals surface area contributed by atoms with Gasteiger partial charge in [-0.2, -0.15) is 0 Å². The number of anilines is 1. The largest absolute Gasteiger partial charge is 0.467 e. The number of nitrogens with zero attached hydrogens (tertiary/aromatic N) is 2. The number of rotatable bonds is 7. The molecule has 1 heterocycles. The smallest absolute Gasteiger partial charge is 0.338 e. The first-order valence-electron chi connectivity index (χ1n) is 9.18. The summed E-state index contributed by atoms with van der Waals surface area (Å²) in [7, 11) is 0. The predicted molar refractivity (Wildman–Crippen MR) is 104 cm³/mol. The maximum absolute atomic E-state index is 12.8. The van der Waals surface area contributed by atoms with Crippen LogP contribution >= 0.6 is 0 Å². The molecule has 0 bridgehead atoms. The number of nitro groups is 1. The lowest BCUT2D eigenvalue weighted by molar-refractivity contribution is -0.383. The number of allylic oxidation sites excluding steroid dienone is 2. The Morgan fingerprint density at radius 2 is 2.10 bits per heavy atom. The molecule has 3 rings (SSSR count). The van der Waals surface area contributed by atoms with Gasteiger partial charge in [-0.1, -0.05) is 6.08 Å². The third kappa shape index (κ3) is 5.01. The monoisotopic (exact) mass is 399 g/mol. The number of nitro benzene ring substituents is 1. The van der Waals surface area contributed by atoms with Gasteiger partial charge in [0.2, 0.25) is 0 Å². The number of hydrogen-bond donors (Lipinski definition) is 1. The van der Waals surface area contributed by atoms with Crippen molar-refractivity contribution in [2.75, 3.05) is 12.3 Å². The van der Waals surface area contributed by atoms with Crippen LogP contribution in [0.1, 0.15) is 41.8 Å². The molecule has 152 valence electrons. The lowest BCUT2D eigenvalue weighted by atomic mass is 10.0. The molecule has 0 saturated carbocycles. The number of carbonyl (C=O) groups excluding carboxylic acids is 2. The molecule has 0 saturated heterocycles. The van der Waals surface area contributed by atoms with Gasteiger partial charge in [-0.25, -0.2) is 4.79 Å². The topological polar surface area (TPSA) is 129 Å². The normalized spacial score (nSPS) is 13.4. The average molecular weight is 399 g/mol. The highest BCUT2D eigenvalue weighted by Crippen LogP contribution is 2.24. The molecule has 0 radical (unpaired) electrons. The van der Waals surface area contributed by atoms with E-state index >= 15 is 0 Å². The van der Waals surface area contributed by atoms with E-state index < -0.39 is 29.1 Å². The molecule has 0 spiro atoms. The lowest BCUT2D eigenvalue weighted by Gasteiger charge is -2.26. The number of esters is 1. The summed E-state index contributed by atoms with van der Waals surface area (Å²) in [5, 5.41) is 11.0. The molecule has 1 aromatic carbocycles. The summed E-state index contributed by atoms with van der Waals surface area (Å²) in [5.74, 6) is -0.616. The SMILES string of the molecule is Nc1ccc(C(=O)OCC(=O)N(Cc2ccco2)C2=CCCCC2)cc1[N+](=O)[O-]. The number of nitrogen functional groups attached to an aromatic ring is 1. The van der Waals surface area contributed by atoms with Crippen molar-refractivity contribution in [2.45, 2.75) is 32.2 Å². The van der Waals surface area contributed by atoms with Gasteiger partial charge in [0.15, 0.2) is 6.61 Å². The average Bonchev–Trinajstić information content (AvgIpc) is 3.24. The molecule has 1 aliphatic carbocycles. The fourth-order valence-electron chi connectivity index (χ4n) is 3.09. The van der Waals surface area contributed by atoms with Crippen LogP contribution in [0.4, 0.5) is 11.4 Å². The maximum atomic E-state index is 12.8. The Hall–Kier alpha value is -3.62. The zero-order valence-corrected chi connectivity index (χ0v) is 15.7. The number of nitrogens with two attached hydrogens (primary N) is 1. The zero-order valence-electron chi connectivity index (χ0n) is 15.7. The third-order valence-electron chi connectivity index (χ3n) is 4.60. The van der Waals surface area contributed by atoms with E-state index in [4.69, 9.17) is 14.9 Å². The van der Waals surface area contributed by atoms with Crippen LogP contribution in [0.15, 0.2) is 52.8 Å². The molecule has 9 nitrogen and oxygen atoms in total. The van der Waals surface area contributed by atoms with Crippen molar-refractivity contribution < 1.29 is 23.7 Å². The van der Waals surface area contributed by atoms with E-state index in [2.05, 4.69) is 0 Å². The fraction of sp³-hybridized carbons (Fsp3) is 0.300. The van der Waals surface area contributed by atoms with Gasteiger partial charge in [-0.05, 0) is 49.9 Å². The van der Waals surface area contributed by atoms with E-state index in [1.807, 2.05) is 6.08 Å². The van der Waals surface area contributed by atoms with Crippen molar-refractivity contribution in [1.29, 1.82) is 0 Å². The van der Waals surface area contributed by atoms with E-state index in [-0.39, 0.29) is 17.8 Å². The Balaban J connectivity index is 1.69. The van der Waals surface area contributed by atoms with E-state index in [0.29, 0.717) is 5.76 Å². The highest BCUT2D eigenvalue weighted by Gasteiger charge is 2.23. The first kappa shape index (κ1) is 20.1. The Morgan fingerprint density at radius 3 is 2.76 bits per heavy atom. The summed E-state index contributed by atoms with van der Waals surface area (Å²) in [6.07, 6.45) is 7.22. The summed E-state index contributed by atoms with van der Waals surface area (Å²) in [6.45, 7) is -0.252. The van der Waals surface area contributed by atoms with Crippen LogP contribution in [0.2, 0.25) is 0 Å². The van der Waals surface area contributed by atoms with E-state index in [1.54, 1.807) is 17.0 Å². The molecule has 9 heteroatoms. The predicted octanol–water partition coefficient (Wildman–Crippen LogP) is 3.41. The quantitative estimate of drug-likeness (QED) is 0.327. The van der Waals surface area contributed by atoms with Crippen LogP contribution in [0.5, 0.6) is 0 Å². The minimum absolute atomic E-state index is 0.0480. The summed E-state index contributed by atoms with van der Waals surface area (Å²) < 4.78 is 10.4. The molecule has 1 aromatic heterocycles. The highest BCUT2D eigenvalue weighted by atomic mass is 16.6. The van der Waals surface area contributed by atoms with Gasteiger partial charge in [0, 0.05) is 11.8 Å². The van der Waals surface area contributed by atoms with Crippen LogP contribution in [0.25, 0.3) is 0 Å². The molecule has 2 N–H and O–H groups in total. The Kier molecular flexibility index (Phi) is 6.28. The molecule has 1 amide bonds. The molecule has 2 aromatic rings. The van der Waals surface area contributed by atoms with Gasteiger partial charge in [0.25, 0.3) is 11.6 Å². The van der Waals surface area contributed by atoms with Gasteiger partial charge in [-0.15, -0.1) is 0 Å². The first-order valence-corrected chi connectivity index (χ1v) is 9.18. The Morgan fingerprint density at radius 1 is 1.28 bits per heavy atom. The maximum Gasteiger partial charge on any atom is 0.338 e. The lowest BCUT2D eigenvalue weighted by Crippen LogP contribution is -2.34. The second-order valence-corrected chi connectivity index (χ2v) is 6.61. The van der Waals surface area contributed by atoms with Crippen molar-refractivity contribution in [3.8, 4) is 0 Å². The summed E-state index contributed by atoms with van der Waals surface area (Å²) >= 11 is 0. The van der Waals surface area contributed by atoms with E-state index in [0.717, 1.165) is 37.4 Å². The van der Waals surface area contributed by atoms with Crippen molar-refractivity contribution in [3.05, 3.63) is 69.8 Å². The summed E-state index contributed by atoms with van der Waals surface area (Å²) in [5.41, 5.74) is 5.90. The van der Waals surface area contributed by atoms with Crippen LogP contribution in [-0.2, 0) is 16.1 Å². The molecule has 0 atom stereocenters. The van der Waals surface area contributed by atoms with E-state index in [9.17, 15) is 19.7 Å². The van der Waals surface area contributed by atoms with Crippen LogP contribution < -0.4 is 5.73 Å². The molecule has 0 fully saturated rings. The second-order valence-electron chi connectivity index (χ2n) is 6.61. The molecule has 29 heavy (non-hydrogen) atoms. The second kappa shape index (κ2) is 9.05. The van der Waals surface area contributed by atoms with Crippen LogP contribution in [-0.4, -0.2) is 28.3 Å². The summed E-state index contributed by atoms with van der Waals surface area (Å²) in [6, 6.07) is 7.11. The number of ether oxygens (including phenoxy) is 1. The van der Waals surface area contributed by atoms with Gasteiger partial charge in [0.05, 0.1) is 23.3 Å². The van der Waals surface area contributed by atoms with Gasteiger partial charge in [-0.3, -0.25) is 14.9 Å². The van der Waals surface area contributed by atoms with Crippen LogP contribution in [0.3, 0.4) is 0 Å². The van der Waals surface area contributed by atoms with Gasteiger partial charge < -0.3 is 19.8 Å². The number of benzene rings is 1. The van der Waals surface area contributed by atoms with Crippen molar-refractivity contribution in [2.24, 2.45) is 0 Å². The van der Waals surface area contributed by atoms with Crippen LogP contribution in [0, 0.1) is 10.1 Å². The minimum Gasteiger partial charge on any atom is -0.467 e. The van der Waals surface area contributed by atoms with E-state index in [1.165, 1.54) is 18.4 Å². The Labute approximate surface area is 166 Å². The molecule has 0 aliphatic heterocycles.